The Morgan fingerprint density at radius 3 is 2.94 bits per heavy atom. The zero-order valence-electron chi connectivity index (χ0n) is 9.71. The molecule has 0 aromatic carbocycles. The average Bonchev–Trinajstić information content (AvgIpc) is 3.20. The first-order valence-electron chi connectivity index (χ1n) is 5.91. The van der Waals surface area contributed by atoms with E-state index in [1.54, 1.807) is 23.3 Å². The third-order valence-electron chi connectivity index (χ3n) is 3.07. The lowest BCUT2D eigenvalue weighted by Gasteiger charge is -2.07. The highest BCUT2D eigenvalue weighted by atomic mass is 79.9. The van der Waals surface area contributed by atoms with Gasteiger partial charge in [0.25, 0.3) is 5.56 Å². The molecular weight excluding hydrogens is 294 g/mol. The molecule has 0 unspecified atom stereocenters. The van der Waals surface area contributed by atoms with Crippen molar-refractivity contribution in [3.8, 4) is 11.3 Å². The van der Waals surface area contributed by atoms with Crippen LogP contribution in [0.3, 0.4) is 0 Å². The van der Waals surface area contributed by atoms with E-state index in [9.17, 15) is 4.79 Å². The number of rotatable bonds is 3. The first-order valence-corrected chi connectivity index (χ1v) is 6.70. The van der Waals surface area contributed by atoms with E-state index in [4.69, 9.17) is 0 Å². The maximum atomic E-state index is 12.2. The maximum Gasteiger partial charge on any atom is 0.268 e. The first kappa shape index (κ1) is 11.6. The summed E-state index contributed by atoms with van der Waals surface area (Å²) < 4.78 is 2.19. The largest absolute Gasteiger partial charge is 0.298 e. The second kappa shape index (κ2) is 4.65. The van der Waals surface area contributed by atoms with Gasteiger partial charge in [0.15, 0.2) is 0 Å². The van der Waals surface area contributed by atoms with Gasteiger partial charge < -0.3 is 0 Å². The fourth-order valence-corrected chi connectivity index (χ4v) is 2.44. The average molecular weight is 306 g/mol. The van der Waals surface area contributed by atoms with E-state index in [1.807, 2.05) is 12.1 Å². The van der Waals surface area contributed by atoms with Crippen molar-refractivity contribution in [3.05, 3.63) is 45.7 Å². The van der Waals surface area contributed by atoms with Crippen molar-refractivity contribution in [2.75, 3.05) is 0 Å². The summed E-state index contributed by atoms with van der Waals surface area (Å²) in [6.45, 7) is 0.776. The molecule has 0 aliphatic heterocycles. The fourth-order valence-electron chi connectivity index (χ4n) is 1.88. The molecule has 2 aromatic rings. The minimum atomic E-state index is -0.0178. The lowest BCUT2D eigenvalue weighted by Crippen LogP contribution is -2.22. The Labute approximate surface area is 113 Å². The third kappa shape index (κ3) is 2.22. The Kier molecular flexibility index (Phi) is 2.99. The van der Waals surface area contributed by atoms with E-state index in [0.29, 0.717) is 16.1 Å². The van der Waals surface area contributed by atoms with Crippen molar-refractivity contribution in [2.24, 2.45) is 5.92 Å². The number of nitrogens with zero attached hydrogens (tertiary/aromatic N) is 3. The van der Waals surface area contributed by atoms with Crippen LogP contribution in [0.4, 0.5) is 0 Å². The molecule has 0 atom stereocenters. The molecule has 0 radical (unpaired) electrons. The summed E-state index contributed by atoms with van der Waals surface area (Å²) in [4.78, 5) is 20.6. The molecule has 2 aromatic heterocycles. The van der Waals surface area contributed by atoms with Crippen LogP contribution in [0, 0.1) is 5.92 Å². The van der Waals surface area contributed by atoms with Gasteiger partial charge in [-0.05, 0) is 46.8 Å². The van der Waals surface area contributed by atoms with Gasteiger partial charge in [0.2, 0.25) is 0 Å². The molecule has 0 N–H and O–H groups in total. The Morgan fingerprint density at radius 1 is 1.44 bits per heavy atom. The van der Waals surface area contributed by atoms with E-state index in [0.717, 1.165) is 12.1 Å². The van der Waals surface area contributed by atoms with Crippen molar-refractivity contribution >= 4 is 15.9 Å². The Bertz CT molecular complexity index is 620. The lowest BCUT2D eigenvalue weighted by atomic mass is 10.2. The fraction of sp³-hybridized carbons (Fsp3) is 0.308. The lowest BCUT2D eigenvalue weighted by molar-refractivity contribution is 0.594. The van der Waals surface area contributed by atoms with E-state index in [-0.39, 0.29) is 5.56 Å². The topological polar surface area (TPSA) is 47.8 Å². The van der Waals surface area contributed by atoms with Crippen LogP contribution in [0.1, 0.15) is 12.8 Å². The monoisotopic (exact) mass is 305 g/mol. The van der Waals surface area contributed by atoms with E-state index < -0.39 is 0 Å². The Balaban J connectivity index is 2.02. The molecule has 0 bridgehead atoms. The van der Waals surface area contributed by atoms with Gasteiger partial charge >= 0.3 is 0 Å². The molecule has 3 rings (SSSR count). The quantitative estimate of drug-likeness (QED) is 0.875. The Hall–Kier alpha value is -1.49. The summed E-state index contributed by atoms with van der Waals surface area (Å²) in [5, 5.41) is 0. The summed E-state index contributed by atoms with van der Waals surface area (Å²) in [7, 11) is 0. The van der Waals surface area contributed by atoms with Crippen LogP contribution in [-0.4, -0.2) is 14.5 Å². The molecule has 1 fully saturated rings. The number of halogens is 1. The number of pyridine rings is 1. The highest BCUT2D eigenvalue weighted by Gasteiger charge is 2.23. The van der Waals surface area contributed by atoms with Gasteiger partial charge in [-0.2, -0.15) is 0 Å². The highest BCUT2D eigenvalue weighted by Crippen LogP contribution is 2.30. The number of aromatic nitrogens is 3. The van der Waals surface area contributed by atoms with Gasteiger partial charge in [-0.3, -0.25) is 14.3 Å². The van der Waals surface area contributed by atoms with Crippen LogP contribution in [0.2, 0.25) is 0 Å². The predicted molar refractivity (Wildman–Crippen MR) is 72.2 cm³/mol. The zero-order valence-corrected chi connectivity index (χ0v) is 11.3. The summed E-state index contributed by atoms with van der Waals surface area (Å²) in [5.41, 5.74) is 1.48. The van der Waals surface area contributed by atoms with Gasteiger partial charge in [0.05, 0.1) is 12.0 Å². The van der Waals surface area contributed by atoms with Crippen molar-refractivity contribution < 1.29 is 0 Å². The summed E-state index contributed by atoms with van der Waals surface area (Å²) in [6, 6.07) is 3.73. The Morgan fingerprint density at radius 2 is 2.28 bits per heavy atom. The van der Waals surface area contributed by atoms with Crippen LogP contribution in [0.5, 0.6) is 0 Å². The van der Waals surface area contributed by atoms with Gasteiger partial charge in [-0.15, -0.1) is 0 Å². The van der Waals surface area contributed by atoms with Gasteiger partial charge in [0, 0.05) is 24.5 Å². The van der Waals surface area contributed by atoms with Crippen LogP contribution in [-0.2, 0) is 6.54 Å². The zero-order chi connectivity index (χ0) is 12.5. The SMILES string of the molecule is O=c1c(Br)c(-c2cccnc2)ncn1CC1CC1. The van der Waals surface area contributed by atoms with E-state index in [1.165, 1.54) is 12.8 Å². The molecule has 1 aliphatic rings. The standard InChI is InChI=1S/C13H12BrN3O/c14-11-12(10-2-1-5-15-6-10)16-8-17(13(11)18)7-9-3-4-9/h1-2,5-6,8-9H,3-4,7H2. The van der Waals surface area contributed by atoms with E-state index in [2.05, 4.69) is 25.9 Å². The van der Waals surface area contributed by atoms with E-state index >= 15 is 0 Å². The van der Waals surface area contributed by atoms with Crippen LogP contribution in [0.25, 0.3) is 11.3 Å². The van der Waals surface area contributed by atoms with Crippen molar-refractivity contribution in [3.63, 3.8) is 0 Å². The molecule has 4 nitrogen and oxygen atoms in total. The minimum Gasteiger partial charge on any atom is -0.298 e. The maximum absolute atomic E-state index is 12.2. The third-order valence-corrected chi connectivity index (χ3v) is 3.78. The molecule has 92 valence electrons. The summed E-state index contributed by atoms with van der Waals surface area (Å²) in [5.74, 6) is 0.653. The summed E-state index contributed by atoms with van der Waals surface area (Å²) in [6.07, 6.45) is 7.47. The normalized spacial score (nSPS) is 14.7. The molecule has 2 heterocycles. The van der Waals surface area contributed by atoms with Gasteiger partial charge in [-0.1, -0.05) is 0 Å². The van der Waals surface area contributed by atoms with Gasteiger partial charge in [-0.25, -0.2) is 4.98 Å². The molecule has 0 amide bonds. The van der Waals surface area contributed by atoms with Gasteiger partial charge in [0.1, 0.15) is 4.47 Å². The molecule has 0 saturated heterocycles. The predicted octanol–water partition coefficient (Wildman–Crippen LogP) is 2.48. The van der Waals surface area contributed by atoms with Crippen LogP contribution in [0.15, 0.2) is 40.1 Å². The molecule has 5 heteroatoms. The molecule has 0 spiro atoms. The van der Waals surface area contributed by atoms with Crippen molar-refractivity contribution in [1.29, 1.82) is 0 Å². The second-order valence-electron chi connectivity index (χ2n) is 4.55. The number of hydrogen-bond donors (Lipinski definition) is 0. The molecule has 1 aliphatic carbocycles. The highest BCUT2D eigenvalue weighted by molar-refractivity contribution is 9.10. The second-order valence-corrected chi connectivity index (χ2v) is 5.34. The smallest absolute Gasteiger partial charge is 0.268 e. The van der Waals surface area contributed by atoms with Crippen LogP contribution >= 0.6 is 15.9 Å². The first-order chi connectivity index (χ1) is 8.75. The molecule has 18 heavy (non-hydrogen) atoms. The minimum absolute atomic E-state index is 0.0178. The van der Waals surface area contributed by atoms with Crippen molar-refractivity contribution in [1.82, 2.24) is 14.5 Å². The number of hydrogen-bond acceptors (Lipinski definition) is 3. The summed E-state index contributed by atoms with van der Waals surface area (Å²) >= 11 is 3.35. The molecule has 1 saturated carbocycles. The molecular formula is C13H12BrN3O. The van der Waals surface area contributed by atoms with Crippen molar-refractivity contribution in [2.45, 2.75) is 19.4 Å². The van der Waals surface area contributed by atoms with Crippen LogP contribution < -0.4 is 5.56 Å².